The molecule has 4 amide bonds. The quantitative estimate of drug-likeness (QED) is 0.644. The average Bonchev–Trinajstić information content (AvgIpc) is 3.14. The van der Waals surface area contributed by atoms with Gasteiger partial charge in [0.1, 0.15) is 6.61 Å². The van der Waals surface area contributed by atoms with Gasteiger partial charge in [0.05, 0.1) is 26.2 Å². The van der Waals surface area contributed by atoms with Gasteiger partial charge in [-0.3, -0.25) is 14.5 Å². The van der Waals surface area contributed by atoms with Gasteiger partial charge in [-0.05, 0) is 12.1 Å². The number of imide groups is 1. The molecule has 3 heterocycles. The van der Waals surface area contributed by atoms with Crippen LogP contribution in [0.4, 0.5) is 4.79 Å². The maximum Gasteiger partial charge on any atom is 0.324 e. The summed E-state index contributed by atoms with van der Waals surface area (Å²) in [6.07, 6.45) is -0.642. The molecule has 0 saturated carbocycles. The van der Waals surface area contributed by atoms with E-state index in [1.165, 1.54) is 4.90 Å². The van der Waals surface area contributed by atoms with Crippen molar-refractivity contribution in [1.82, 2.24) is 15.1 Å². The van der Waals surface area contributed by atoms with E-state index in [2.05, 4.69) is 5.32 Å². The molecule has 27 heavy (non-hydrogen) atoms. The van der Waals surface area contributed by atoms with Crippen molar-refractivity contribution in [3.63, 3.8) is 0 Å². The van der Waals surface area contributed by atoms with Crippen molar-refractivity contribution in [3.05, 3.63) is 24.3 Å². The predicted molar refractivity (Wildman–Crippen MR) is 93.6 cm³/mol. The van der Waals surface area contributed by atoms with Crippen LogP contribution in [0.3, 0.4) is 0 Å². The summed E-state index contributed by atoms with van der Waals surface area (Å²) in [5, 5.41) is 2.63. The van der Waals surface area contributed by atoms with Gasteiger partial charge in [0, 0.05) is 13.1 Å². The topological polar surface area (TPSA) is 92.6 Å². The van der Waals surface area contributed by atoms with Crippen molar-refractivity contribution >= 4 is 17.8 Å². The van der Waals surface area contributed by atoms with Gasteiger partial charge in [-0.25, -0.2) is 4.79 Å². The SMILES string of the molecule is O=C([C@@H]1COc2ccccc2O1)N1CC[NH+](CC(=O)N2CCNC2=O)CC1. The third-order valence-electron chi connectivity index (χ3n) is 5.13. The predicted octanol–water partition coefficient (Wildman–Crippen LogP) is -1.89. The number of rotatable bonds is 3. The van der Waals surface area contributed by atoms with E-state index in [-0.39, 0.29) is 31.0 Å². The number of fused-ring (bicyclic) bond motifs is 1. The highest BCUT2D eigenvalue weighted by molar-refractivity contribution is 5.96. The summed E-state index contributed by atoms with van der Waals surface area (Å²) in [5.74, 6) is 0.982. The van der Waals surface area contributed by atoms with Crippen molar-refractivity contribution in [2.45, 2.75) is 6.10 Å². The molecule has 1 atom stereocenters. The van der Waals surface area contributed by atoms with Gasteiger partial charge >= 0.3 is 6.03 Å². The number of benzene rings is 1. The van der Waals surface area contributed by atoms with E-state index in [1.54, 1.807) is 11.0 Å². The lowest BCUT2D eigenvalue weighted by Gasteiger charge is -2.35. The molecule has 0 spiro atoms. The van der Waals surface area contributed by atoms with E-state index in [9.17, 15) is 14.4 Å². The van der Waals surface area contributed by atoms with Crippen molar-refractivity contribution in [3.8, 4) is 11.5 Å². The number of urea groups is 1. The van der Waals surface area contributed by atoms with Gasteiger partial charge in [0.2, 0.25) is 6.10 Å². The van der Waals surface area contributed by atoms with E-state index in [0.29, 0.717) is 50.8 Å². The summed E-state index contributed by atoms with van der Waals surface area (Å²) >= 11 is 0. The summed E-state index contributed by atoms with van der Waals surface area (Å²) in [7, 11) is 0. The van der Waals surface area contributed by atoms with Crippen LogP contribution in [-0.4, -0.2) is 86.2 Å². The molecule has 9 heteroatoms. The zero-order valence-corrected chi connectivity index (χ0v) is 15.0. The molecule has 0 unspecified atom stereocenters. The fraction of sp³-hybridized carbons (Fsp3) is 0.500. The Hall–Kier alpha value is -2.81. The Balaban J connectivity index is 1.27. The Morgan fingerprint density at radius 2 is 1.89 bits per heavy atom. The lowest BCUT2D eigenvalue weighted by molar-refractivity contribution is -0.896. The van der Waals surface area contributed by atoms with Crippen LogP contribution >= 0.6 is 0 Å². The first-order valence-corrected chi connectivity index (χ1v) is 9.21. The first-order chi connectivity index (χ1) is 13.1. The summed E-state index contributed by atoms with van der Waals surface area (Å²) in [5.41, 5.74) is 0. The molecule has 3 aliphatic rings. The van der Waals surface area contributed by atoms with E-state index < -0.39 is 6.10 Å². The van der Waals surface area contributed by atoms with Crippen LogP contribution in [-0.2, 0) is 9.59 Å². The number of nitrogens with zero attached hydrogens (tertiary/aromatic N) is 2. The van der Waals surface area contributed by atoms with Gasteiger partial charge < -0.3 is 24.6 Å². The third kappa shape index (κ3) is 3.68. The van der Waals surface area contributed by atoms with Crippen molar-refractivity contribution < 1.29 is 28.8 Å². The fourth-order valence-electron chi connectivity index (χ4n) is 3.58. The minimum Gasteiger partial charge on any atom is -0.485 e. The summed E-state index contributed by atoms with van der Waals surface area (Å²) in [6, 6.07) is 6.99. The van der Waals surface area contributed by atoms with Gasteiger partial charge in [0.15, 0.2) is 18.0 Å². The van der Waals surface area contributed by atoms with Crippen molar-refractivity contribution in [2.75, 3.05) is 52.4 Å². The Labute approximate surface area is 156 Å². The normalized spacial score (nSPS) is 22.5. The molecule has 3 aliphatic heterocycles. The Morgan fingerprint density at radius 1 is 1.15 bits per heavy atom. The maximum atomic E-state index is 12.7. The van der Waals surface area contributed by atoms with E-state index >= 15 is 0 Å². The van der Waals surface area contributed by atoms with Crippen molar-refractivity contribution in [1.29, 1.82) is 0 Å². The minimum atomic E-state index is -0.642. The Kier molecular flexibility index (Phi) is 4.85. The molecule has 1 aromatic rings. The second kappa shape index (κ2) is 7.43. The smallest absolute Gasteiger partial charge is 0.324 e. The van der Waals surface area contributed by atoms with E-state index in [4.69, 9.17) is 9.47 Å². The average molecular weight is 375 g/mol. The summed E-state index contributed by atoms with van der Waals surface area (Å²) in [6.45, 7) is 3.83. The number of nitrogens with one attached hydrogen (secondary N) is 2. The van der Waals surface area contributed by atoms with Crippen LogP contribution in [0.1, 0.15) is 0 Å². The molecule has 0 aromatic heterocycles. The number of para-hydroxylation sites is 2. The number of carbonyl (C=O) groups is 3. The highest BCUT2D eigenvalue weighted by Crippen LogP contribution is 2.31. The Morgan fingerprint density at radius 3 is 2.59 bits per heavy atom. The minimum absolute atomic E-state index is 0.0891. The summed E-state index contributed by atoms with van der Waals surface area (Å²) in [4.78, 5) is 40.6. The number of carbonyl (C=O) groups excluding carboxylic acids is 3. The van der Waals surface area contributed by atoms with Gasteiger partial charge in [-0.2, -0.15) is 0 Å². The number of amides is 4. The van der Waals surface area contributed by atoms with Crippen LogP contribution in [0.2, 0.25) is 0 Å². The molecular weight excluding hydrogens is 352 g/mol. The molecule has 0 radical (unpaired) electrons. The van der Waals surface area contributed by atoms with Gasteiger partial charge in [-0.1, -0.05) is 12.1 Å². The molecule has 0 aliphatic carbocycles. The van der Waals surface area contributed by atoms with Crippen LogP contribution in [0.5, 0.6) is 11.5 Å². The van der Waals surface area contributed by atoms with Gasteiger partial charge in [-0.15, -0.1) is 0 Å². The first kappa shape index (κ1) is 17.6. The van der Waals surface area contributed by atoms with Crippen LogP contribution in [0.15, 0.2) is 24.3 Å². The summed E-state index contributed by atoms with van der Waals surface area (Å²) < 4.78 is 11.4. The number of hydrogen-bond donors (Lipinski definition) is 2. The monoisotopic (exact) mass is 375 g/mol. The van der Waals surface area contributed by atoms with E-state index in [1.807, 2.05) is 18.2 Å². The van der Waals surface area contributed by atoms with Crippen LogP contribution in [0.25, 0.3) is 0 Å². The second-order valence-corrected chi connectivity index (χ2v) is 6.89. The third-order valence-corrected chi connectivity index (χ3v) is 5.13. The number of piperazine rings is 1. The molecule has 144 valence electrons. The maximum absolute atomic E-state index is 12.7. The van der Waals surface area contributed by atoms with E-state index in [0.717, 1.165) is 4.90 Å². The number of ether oxygens (including phenoxy) is 2. The highest BCUT2D eigenvalue weighted by Gasteiger charge is 2.35. The molecule has 4 rings (SSSR count). The second-order valence-electron chi connectivity index (χ2n) is 6.89. The zero-order valence-electron chi connectivity index (χ0n) is 15.0. The van der Waals surface area contributed by atoms with Crippen LogP contribution in [0, 0.1) is 0 Å². The van der Waals surface area contributed by atoms with Crippen LogP contribution < -0.4 is 19.7 Å². The largest absolute Gasteiger partial charge is 0.485 e. The molecule has 0 bridgehead atoms. The number of hydrogen-bond acceptors (Lipinski definition) is 5. The lowest BCUT2D eigenvalue weighted by Crippen LogP contribution is -3.16. The molecule has 2 saturated heterocycles. The molecule has 1 aromatic carbocycles. The molecular formula is C18H23N4O5+. The highest BCUT2D eigenvalue weighted by atomic mass is 16.6. The molecule has 9 nitrogen and oxygen atoms in total. The molecule has 2 fully saturated rings. The lowest BCUT2D eigenvalue weighted by atomic mass is 10.2. The standard InChI is InChI=1S/C18H22N4O5/c23-16(22-6-5-19-18(22)25)11-20-7-9-21(10-8-20)17(24)15-12-26-13-3-1-2-4-14(13)27-15/h1-4,15H,5-12H2,(H,19,25)/p+1/t15-/m0/s1. The zero-order chi connectivity index (χ0) is 18.8. The van der Waals surface area contributed by atoms with Gasteiger partial charge in [0.25, 0.3) is 11.8 Å². The van der Waals surface area contributed by atoms with Crippen molar-refractivity contribution in [2.24, 2.45) is 0 Å². The number of quaternary nitrogens is 1. The molecule has 2 N–H and O–H groups in total. The first-order valence-electron chi connectivity index (χ1n) is 9.21. The Bertz CT molecular complexity index is 747. The fourth-order valence-corrected chi connectivity index (χ4v) is 3.58.